The third-order valence-electron chi connectivity index (χ3n) is 21.4. The SMILES string of the molecule is CC(=O)CCC(=O)O[C@H]1CC[C@H](O[C@@H]2[C@@H](C)O[C@@H](O[C@@H]3C[C@@H](O[C@H]4CC[C@H](O[C@@H]5C[C@H](O[C@@H]6C[C@H](Oc7ccc(OCOCC[Si](C)(C)C)cc7)O[C@H](C)[C@H]6OC(=O)c6ccccc6)O[C@H](C)[C@H]5OS(=O)(=O)CCc5ccc([N+](=O)[O-])cc5)O[C@H]4C)O[C@H](C)[C@H]3OC(=O)c3ccccc3)C[C@H]2OCc2ccc3ccccc3c2)O[C@H]1C. The first-order valence-electron chi connectivity index (χ1n) is 40.2. The van der Waals surface area contributed by atoms with Gasteiger partial charge in [-0.2, -0.15) is 8.42 Å². The minimum absolute atomic E-state index is 0.0179. The van der Waals surface area contributed by atoms with E-state index >= 15 is 0 Å². The van der Waals surface area contributed by atoms with Gasteiger partial charge in [0.2, 0.25) is 6.29 Å². The number of carbonyl (C=O) groups is 4. The molecule has 0 aromatic heterocycles. The Kier molecular flexibility index (Phi) is 30.8. The number of benzene rings is 6. The lowest BCUT2D eigenvalue weighted by Crippen LogP contribution is -2.57. The van der Waals surface area contributed by atoms with Crippen LogP contribution in [0.5, 0.6) is 11.5 Å². The lowest BCUT2D eigenvalue weighted by molar-refractivity contribution is -0.384. The molecule has 28 nitrogen and oxygen atoms in total. The molecule has 0 saturated carbocycles. The summed E-state index contributed by atoms with van der Waals surface area (Å²) >= 11 is 0. The molecule has 6 aliphatic rings. The van der Waals surface area contributed by atoms with E-state index in [1.807, 2.05) is 57.2 Å². The highest BCUT2D eigenvalue weighted by atomic mass is 32.2. The van der Waals surface area contributed by atoms with Crippen LogP contribution in [0, 0.1) is 10.1 Å². The van der Waals surface area contributed by atoms with Crippen LogP contribution < -0.4 is 9.47 Å². The van der Waals surface area contributed by atoms with Gasteiger partial charge in [0.1, 0.15) is 47.8 Å². The number of carbonyl (C=O) groups excluding carboxylic acids is 4. The van der Waals surface area contributed by atoms with Gasteiger partial charge in [-0.3, -0.25) is 19.1 Å². The largest absolute Gasteiger partial charge is 0.468 e. The molecule has 0 unspecified atom stereocenters. The van der Waals surface area contributed by atoms with E-state index in [9.17, 15) is 37.7 Å². The van der Waals surface area contributed by atoms with Gasteiger partial charge >= 0.3 is 17.9 Å². The van der Waals surface area contributed by atoms with Crippen LogP contribution in [0.2, 0.25) is 25.7 Å². The van der Waals surface area contributed by atoms with E-state index in [1.54, 1.807) is 106 Å². The number of nitro groups is 1. The van der Waals surface area contributed by atoms with Crippen molar-refractivity contribution in [2.75, 3.05) is 19.2 Å². The summed E-state index contributed by atoms with van der Waals surface area (Å²) in [6, 6.07) is 44.9. The number of fused-ring (bicyclic) bond motifs is 1. The fourth-order valence-corrected chi connectivity index (χ4v) is 17.0. The van der Waals surface area contributed by atoms with Crippen LogP contribution in [-0.4, -0.2) is 200 Å². The summed E-state index contributed by atoms with van der Waals surface area (Å²) in [5.41, 5.74) is 1.94. The number of nitro benzene ring substituents is 1. The van der Waals surface area contributed by atoms with Crippen LogP contribution >= 0.6 is 0 Å². The normalized spacial score (nSPS) is 30.5. The first-order valence-corrected chi connectivity index (χ1v) is 45.5. The van der Waals surface area contributed by atoms with E-state index in [-0.39, 0.29) is 76.2 Å². The maximum atomic E-state index is 14.2. The van der Waals surface area contributed by atoms with Gasteiger partial charge in [-0.1, -0.05) is 105 Å². The predicted octanol–water partition coefficient (Wildman–Crippen LogP) is 13.6. The Bertz CT molecular complexity index is 4290. The maximum Gasteiger partial charge on any atom is 0.338 e. The van der Waals surface area contributed by atoms with Crippen LogP contribution in [0.25, 0.3) is 10.8 Å². The second kappa shape index (κ2) is 40.8. The van der Waals surface area contributed by atoms with Gasteiger partial charge in [-0.15, -0.1) is 0 Å². The molecule has 630 valence electrons. The van der Waals surface area contributed by atoms with E-state index in [0.29, 0.717) is 54.1 Å². The van der Waals surface area contributed by atoms with Gasteiger partial charge in [-0.25, -0.2) is 9.59 Å². The molecule has 0 radical (unpaired) electrons. The molecule has 0 bridgehead atoms. The molecule has 6 aromatic carbocycles. The van der Waals surface area contributed by atoms with Crippen molar-refractivity contribution in [2.45, 2.75) is 287 Å². The fraction of sp³-hybridized carbons (Fsp3) is 0.558. The number of aryl methyl sites for hydroxylation is 1. The highest BCUT2D eigenvalue weighted by molar-refractivity contribution is 7.86. The summed E-state index contributed by atoms with van der Waals surface area (Å²) in [4.78, 5) is 63.2. The van der Waals surface area contributed by atoms with E-state index < -0.39 is 182 Å². The van der Waals surface area contributed by atoms with Crippen LogP contribution in [0.1, 0.15) is 145 Å². The van der Waals surface area contributed by atoms with Crippen molar-refractivity contribution < 1.29 is 122 Å². The Balaban J connectivity index is 0.739. The minimum Gasteiger partial charge on any atom is -0.468 e. The standard InChI is InChI=1S/C86H109NO27SSi/c1-52(88)25-38-74(89)106-68-36-40-76(100-53(68)2)111-81-55(4)102-78(46-70(81)97-50-60-26-29-61-19-17-18-24-64(61)45-60)109-72-48-79(103-57(6)83(72)113-86(91)63-22-15-12-16-23-63)107-69-37-39-75(99-54(69)3)108-73-49-80(104-58(7)84(73)114-115(94,95)43-41-59-27-30-65(31-28-59)87(92)93)110-71-47-77(101-56(5)82(71)112-85(90)62-20-13-11-14-21-62)105-67-34-32-66(33-35-67)98-51-96-42-44-116(8,9)10/h11-24,26-35,45,53-58,68-73,75-84H,25,36-44,46-51H2,1-10H3/t53-,54-,55+,56+,57+,58+,68-,69-,70+,71+,72+,73+,75-,76-,77-,78-,79+,80-,81+,82+,83+,84+/m0/s1. The molecule has 6 heterocycles. The summed E-state index contributed by atoms with van der Waals surface area (Å²) in [5.74, 6) is -1.24. The lowest BCUT2D eigenvalue weighted by atomic mass is 9.99. The Labute approximate surface area is 678 Å². The molecule has 0 aliphatic carbocycles. The molecule has 22 atom stereocenters. The Hall–Kier alpha value is -7.73. The van der Waals surface area contributed by atoms with Gasteiger partial charge < -0.3 is 90.1 Å². The molecule has 30 heteroatoms. The zero-order valence-electron chi connectivity index (χ0n) is 67.3. The molecule has 6 aliphatic heterocycles. The van der Waals surface area contributed by atoms with Crippen molar-refractivity contribution in [3.8, 4) is 11.5 Å². The predicted molar refractivity (Wildman–Crippen MR) is 423 cm³/mol. The maximum absolute atomic E-state index is 14.2. The van der Waals surface area contributed by atoms with Gasteiger partial charge in [0.25, 0.3) is 15.8 Å². The summed E-state index contributed by atoms with van der Waals surface area (Å²) < 4.78 is 152. The van der Waals surface area contributed by atoms with Gasteiger partial charge in [-0.05, 0) is 150 Å². The highest BCUT2D eigenvalue weighted by Gasteiger charge is 2.51. The number of ether oxygens (including phenoxy) is 18. The summed E-state index contributed by atoms with van der Waals surface area (Å²) in [7, 11) is -5.67. The number of rotatable bonds is 35. The Morgan fingerprint density at radius 1 is 0.483 bits per heavy atom. The van der Waals surface area contributed by atoms with Gasteiger partial charge in [0.15, 0.2) is 50.5 Å². The van der Waals surface area contributed by atoms with E-state index in [4.69, 9.17) is 89.4 Å². The number of nitrogens with zero attached hydrogens (tertiary/aromatic N) is 1. The van der Waals surface area contributed by atoms with Crippen molar-refractivity contribution >= 4 is 58.3 Å². The first-order chi connectivity index (χ1) is 55.6. The second-order valence-electron chi connectivity index (χ2n) is 31.8. The smallest absolute Gasteiger partial charge is 0.338 e. The average Bonchev–Trinajstić information content (AvgIpc) is 0.802. The van der Waals surface area contributed by atoms with E-state index in [0.717, 1.165) is 22.4 Å². The fourth-order valence-electron chi connectivity index (χ4n) is 15.1. The number of esters is 3. The molecule has 6 fully saturated rings. The highest BCUT2D eigenvalue weighted by Crippen LogP contribution is 2.40. The molecular formula is C86H109NO27SSi. The first kappa shape index (κ1) is 87.6. The average molecular weight is 1650 g/mol. The summed E-state index contributed by atoms with van der Waals surface area (Å²) in [6.45, 7) is 19.9. The summed E-state index contributed by atoms with van der Waals surface area (Å²) in [6.07, 6.45) is -17.0. The molecular weight excluding hydrogens is 1540 g/mol. The Morgan fingerprint density at radius 2 is 0.966 bits per heavy atom. The van der Waals surface area contributed by atoms with Gasteiger partial charge in [0, 0.05) is 71.8 Å². The lowest BCUT2D eigenvalue weighted by Gasteiger charge is -2.46. The van der Waals surface area contributed by atoms with E-state index in [1.165, 1.54) is 31.2 Å². The molecule has 0 N–H and O–H groups in total. The number of non-ortho nitro benzene ring substituents is 1. The van der Waals surface area contributed by atoms with Crippen molar-refractivity contribution in [2.24, 2.45) is 0 Å². The molecule has 0 spiro atoms. The molecule has 12 rings (SSSR count). The van der Waals surface area contributed by atoms with Gasteiger partial charge in [0.05, 0.1) is 89.8 Å². The molecule has 116 heavy (non-hydrogen) atoms. The molecule has 6 aromatic rings. The van der Waals surface area contributed by atoms with Crippen molar-refractivity contribution in [1.82, 2.24) is 0 Å². The topological polar surface area (TPSA) is 321 Å². The quantitative estimate of drug-likeness (QED) is 0.00521. The third-order valence-corrected chi connectivity index (χ3v) is 24.4. The summed E-state index contributed by atoms with van der Waals surface area (Å²) in [5, 5.41) is 13.6. The number of hydrogen-bond acceptors (Lipinski definition) is 27. The van der Waals surface area contributed by atoms with Crippen molar-refractivity contribution in [3.05, 3.63) is 184 Å². The zero-order valence-corrected chi connectivity index (χ0v) is 69.1. The van der Waals surface area contributed by atoms with Crippen LogP contribution in [-0.2, 0) is 113 Å². The number of Topliss-reactive ketones (excluding diaryl/α,β-unsaturated/α-hetero) is 1. The minimum atomic E-state index is -4.38. The molecule has 0 amide bonds. The van der Waals surface area contributed by atoms with Crippen molar-refractivity contribution in [3.63, 3.8) is 0 Å². The zero-order chi connectivity index (χ0) is 82.2. The van der Waals surface area contributed by atoms with E-state index in [2.05, 4.69) is 25.7 Å². The van der Waals surface area contributed by atoms with Crippen LogP contribution in [0.3, 0.4) is 0 Å². The van der Waals surface area contributed by atoms with Crippen molar-refractivity contribution in [1.29, 1.82) is 0 Å². The second-order valence-corrected chi connectivity index (χ2v) is 39.2. The Morgan fingerprint density at radius 3 is 1.54 bits per heavy atom. The number of ketones is 1. The monoisotopic (exact) mass is 1650 g/mol. The molecule has 6 saturated heterocycles. The van der Waals surface area contributed by atoms with Crippen LogP contribution in [0.4, 0.5) is 5.69 Å². The third kappa shape index (κ3) is 25.2. The number of hydrogen-bond donors (Lipinski definition) is 0. The van der Waals surface area contributed by atoms with Crippen LogP contribution in [0.15, 0.2) is 152 Å².